The van der Waals surface area contributed by atoms with Gasteiger partial charge in [0.15, 0.2) is 0 Å². The minimum absolute atomic E-state index is 0.139. The smallest absolute Gasteiger partial charge is 0.261 e. The molecule has 0 radical (unpaired) electrons. The van der Waals surface area contributed by atoms with E-state index >= 15 is 0 Å². The summed E-state index contributed by atoms with van der Waals surface area (Å²) in [6.07, 6.45) is 0.627. The highest BCUT2D eigenvalue weighted by atomic mass is 35.5. The molecule has 1 atom stereocenters. The van der Waals surface area contributed by atoms with Crippen molar-refractivity contribution in [2.24, 2.45) is 11.5 Å². The van der Waals surface area contributed by atoms with Gasteiger partial charge < -0.3 is 16.4 Å². The maximum Gasteiger partial charge on any atom is 0.261 e. The Kier molecular flexibility index (Phi) is 8.15. The van der Waals surface area contributed by atoms with Crippen molar-refractivity contribution in [3.63, 3.8) is 0 Å². The SMILES string of the molecule is Cc1ccc(C(=O)N(CCCN)CC(N)c2nc3cc(Cl)ccc3c(=O)n2Cc2ccccc2)cc1. The normalized spacial score (nSPS) is 12.0. The van der Waals surface area contributed by atoms with Gasteiger partial charge >= 0.3 is 0 Å². The van der Waals surface area contributed by atoms with Gasteiger partial charge in [-0.25, -0.2) is 4.98 Å². The molecule has 4 aromatic rings. The van der Waals surface area contributed by atoms with Crippen LogP contribution in [0.1, 0.15) is 39.8 Å². The Morgan fingerprint density at radius 2 is 1.81 bits per heavy atom. The maximum atomic E-state index is 13.5. The quantitative estimate of drug-likeness (QED) is 0.360. The van der Waals surface area contributed by atoms with Gasteiger partial charge in [0.05, 0.1) is 23.5 Å². The van der Waals surface area contributed by atoms with E-state index in [0.29, 0.717) is 53.4 Å². The number of halogens is 1. The fourth-order valence-electron chi connectivity index (χ4n) is 4.17. The van der Waals surface area contributed by atoms with Crippen molar-refractivity contribution in [2.45, 2.75) is 25.9 Å². The van der Waals surface area contributed by atoms with Crippen molar-refractivity contribution in [3.8, 4) is 0 Å². The lowest BCUT2D eigenvalue weighted by molar-refractivity contribution is 0.0742. The van der Waals surface area contributed by atoms with Crippen LogP contribution in [0.25, 0.3) is 10.9 Å². The van der Waals surface area contributed by atoms with Crippen LogP contribution < -0.4 is 17.0 Å². The van der Waals surface area contributed by atoms with Crippen molar-refractivity contribution in [1.82, 2.24) is 14.5 Å². The molecule has 0 bridgehead atoms. The zero-order valence-corrected chi connectivity index (χ0v) is 21.0. The van der Waals surface area contributed by atoms with Gasteiger partial charge in [0.1, 0.15) is 5.82 Å². The van der Waals surface area contributed by atoms with Gasteiger partial charge in [-0.1, -0.05) is 59.6 Å². The highest BCUT2D eigenvalue weighted by Crippen LogP contribution is 2.20. The first-order valence-electron chi connectivity index (χ1n) is 11.9. The van der Waals surface area contributed by atoms with Crippen molar-refractivity contribution in [2.75, 3.05) is 19.6 Å². The van der Waals surface area contributed by atoms with Crippen molar-refractivity contribution in [3.05, 3.63) is 111 Å². The number of hydrogen-bond donors (Lipinski definition) is 2. The number of hydrogen-bond acceptors (Lipinski definition) is 5. The summed E-state index contributed by atoms with van der Waals surface area (Å²) in [5, 5.41) is 0.941. The Balaban J connectivity index is 1.74. The molecule has 186 valence electrons. The molecule has 3 aromatic carbocycles. The molecule has 0 aliphatic carbocycles. The van der Waals surface area contributed by atoms with E-state index in [1.165, 1.54) is 0 Å². The zero-order chi connectivity index (χ0) is 25.7. The van der Waals surface area contributed by atoms with Gasteiger partial charge in [0.2, 0.25) is 0 Å². The third-order valence-electron chi connectivity index (χ3n) is 6.10. The number of nitrogens with two attached hydrogens (primary N) is 2. The number of fused-ring (bicyclic) bond motifs is 1. The third kappa shape index (κ3) is 5.82. The molecule has 1 unspecified atom stereocenters. The summed E-state index contributed by atoms with van der Waals surface area (Å²) in [6, 6.07) is 21.4. The molecular weight excluding hydrogens is 474 g/mol. The molecule has 0 fully saturated rings. The summed E-state index contributed by atoms with van der Waals surface area (Å²) in [5.74, 6) is 0.257. The number of carbonyl (C=O) groups excluding carboxylic acids is 1. The first kappa shape index (κ1) is 25.6. The van der Waals surface area contributed by atoms with E-state index in [9.17, 15) is 9.59 Å². The highest BCUT2D eigenvalue weighted by Gasteiger charge is 2.23. The number of aromatic nitrogens is 2. The van der Waals surface area contributed by atoms with Gasteiger partial charge in [0.25, 0.3) is 11.5 Å². The fourth-order valence-corrected chi connectivity index (χ4v) is 4.34. The Bertz CT molecular complexity index is 1400. The molecule has 8 heteroatoms. The Morgan fingerprint density at radius 1 is 1.08 bits per heavy atom. The predicted octanol–water partition coefficient (Wildman–Crippen LogP) is 3.90. The van der Waals surface area contributed by atoms with Crippen LogP contribution in [0.4, 0.5) is 0 Å². The molecule has 0 aliphatic heterocycles. The summed E-state index contributed by atoms with van der Waals surface area (Å²) < 4.78 is 1.59. The van der Waals surface area contributed by atoms with Crippen molar-refractivity contribution in [1.29, 1.82) is 0 Å². The van der Waals surface area contributed by atoms with Crippen LogP contribution in [0.15, 0.2) is 77.6 Å². The topological polar surface area (TPSA) is 107 Å². The molecule has 0 saturated carbocycles. The van der Waals surface area contributed by atoms with Gasteiger partial charge in [-0.05, 0) is 55.8 Å². The van der Waals surface area contributed by atoms with Gasteiger partial charge in [-0.3, -0.25) is 14.2 Å². The Labute approximate surface area is 215 Å². The fraction of sp³-hybridized carbons (Fsp3) is 0.250. The summed E-state index contributed by atoms with van der Waals surface area (Å²) in [5.41, 5.74) is 15.3. The highest BCUT2D eigenvalue weighted by molar-refractivity contribution is 6.31. The monoisotopic (exact) mass is 503 g/mol. The van der Waals surface area contributed by atoms with Crippen molar-refractivity contribution < 1.29 is 4.79 Å². The average Bonchev–Trinajstić information content (AvgIpc) is 2.88. The molecule has 1 amide bonds. The first-order valence-corrected chi connectivity index (χ1v) is 12.3. The molecule has 4 N–H and O–H groups in total. The lowest BCUT2D eigenvalue weighted by atomic mass is 10.1. The standard InChI is InChI=1S/C28H30ClN5O2/c1-19-8-10-21(11-9-19)27(35)33(15-5-14-30)18-24(31)26-32-25-16-22(29)12-13-23(25)28(36)34(26)17-20-6-3-2-4-7-20/h2-4,6-13,16,24H,5,14-15,17-18,30-31H2,1H3. The molecule has 7 nitrogen and oxygen atoms in total. The summed E-state index contributed by atoms with van der Waals surface area (Å²) in [4.78, 5) is 33.3. The van der Waals surface area contributed by atoms with E-state index in [1.54, 1.807) is 39.8 Å². The second-order valence-corrected chi connectivity index (χ2v) is 9.31. The average molecular weight is 504 g/mol. The summed E-state index contributed by atoms with van der Waals surface area (Å²) >= 11 is 6.19. The largest absolute Gasteiger partial charge is 0.337 e. The lowest BCUT2D eigenvalue weighted by Crippen LogP contribution is -2.41. The van der Waals surface area contributed by atoms with E-state index in [2.05, 4.69) is 0 Å². The van der Waals surface area contributed by atoms with E-state index in [4.69, 9.17) is 28.1 Å². The number of benzene rings is 3. The first-order chi connectivity index (χ1) is 17.4. The number of carbonyl (C=O) groups is 1. The van der Waals surface area contributed by atoms with Gasteiger partial charge in [-0.15, -0.1) is 0 Å². The van der Waals surface area contributed by atoms with E-state index < -0.39 is 6.04 Å². The van der Waals surface area contributed by atoms with E-state index in [0.717, 1.165) is 11.1 Å². The minimum atomic E-state index is -0.711. The van der Waals surface area contributed by atoms with Gasteiger partial charge in [-0.2, -0.15) is 0 Å². The second-order valence-electron chi connectivity index (χ2n) is 8.87. The van der Waals surface area contributed by atoms with Crippen LogP contribution in [0.2, 0.25) is 5.02 Å². The Morgan fingerprint density at radius 3 is 2.50 bits per heavy atom. The summed E-state index contributed by atoms with van der Waals surface area (Å²) in [6.45, 7) is 3.35. The zero-order valence-electron chi connectivity index (χ0n) is 20.2. The maximum absolute atomic E-state index is 13.5. The van der Waals surface area contributed by atoms with Crippen LogP contribution in [-0.4, -0.2) is 40.0 Å². The molecule has 0 aliphatic rings. The number of nitrogens with zero attached hydrogens (tertiary/aromatic N) is 3. The second kappa shape index (κ2) is 11.5. The molecular formula is C28H30ClN5O2. The molecule has 1 heterocycles. The van der Waals surface area contributed by atoms with Crippen molar-refractivity contribution >= 4 is 28.4 Å². The van der Waals surface area contributed by atoms with Crippen LogP contribution in [-0.2, 0) is 6.54 Å². The van der Waals surface area contributed by atoms with Crippen LogP contribution in [0.5, 0.6) is 0 Å². The van der Waals surface area contributed by atoms with E-state index in [1.807, 2.05) is 49.4 Å². The minimum Gasteiger partial charge on any atom is -0.337 e. The van der Waals surface area contributed by atoms with Crippen LogP contribution in [0.3, 0.4) is 0 Å². The lowest BCUT2D eigenvalue weighted by Gasteiger charge is -2.27. The Hall–Kier alpha value is -3.52. The predicted molar refractivity (Wildman–Crippen MR) is 144 cm³/mol. The van der Waals surface area contributed by atoms with Crippen LogP contribution in [0, 0.1) is 6.92 Å². The summed E-state index contributed by atoms with van der Waals surface area (Å²) in [7, 11) is 0. The number of aryl methyl sites for hydroxylation is 1. The number of rotatable bonds is 9. The third-order valence-corrected chi connectivity index (χ3v) is 6.33. The molecule has 4 rings (SSSR count). The molecule has 0 spiro atoms. The van der Waals surface area contributed by atoms with Crippen LogP contribution >= 0.6 is 11.6 Å². The molecule has 0 saturated heterocycles. The molecule has 36 heavy (non-hydrogen) atoms. The van der Waals surface area contributed by atoms with Gasteiger partial charge in [0, 0.05) is 23.7 Å². The number of amides is 1. The molecule has 1 aromatic heterocycles. The van der Waals surface area contributed by atoms with E-state index in [-0.39, 0.29) is 18.0 Å².